The molecule has 1 aliphatic heterocycles. The highest BCUT2D eigenvalue weighted by atomic mass is 16.5. The first-order valence-electron chi connectivity index (χ1n) is 3.61. The molecule has 0 aromatic heterocycles. The van der Waals surface area contributed by atoms with Gasteiger partial charge in [0.05, 0.1) is 19.1 Å². The van der Waals surface area contributed by atoms with E-state index in [0.29, 0.717) is 6.54 Å². The van der Waals surface area contributed by atoms with Gasteiger partial charge < -0.3 is 14.8 Å². The van der Waals surface area contributed by atoms with Crippen LogP contribution in [0.25, 0.3) is 0 Å². The third kappa shape index (κ3) is 1.70. The molecule has 0 bridgehead atoms. The van der Waals surface area contributed by atoms with Crippen molar-refractivity contribution in [2.24, 2.45) is 5.92 Å². The van der Waals surface area contributed by atoms with Gasteiger partial charge in [-0.3, -0.25) is 4.79 Å². The van der Waals surface area contributed by atoms with Crippen molar-refractivity contribution < 1.29 is 14.3 Å². The fourth-order valence-corrected chi connectivity index (χ4v) is 1.29. The van der Waals surface area contributed by atoms with Gasteiger partial charge in [0, 0.05) is 20.2 Å². The van der Waals surface area contributed by atoms with Crippen LogP contribution in [0.4, 0.5) is 0 Å². The van der Waals surface area contributed by atoms with Gasteiger partial charge in [-0.25, -0.2) is 0 Å². The lowest BCUT2D eigenvalue weighted by molar-refractivity contribution is -0.148. The normalized spacial score (nSPS) is 30.4. The molecule has 1 rings (SSSR count). The molecule has 0 aromatic carbocycles. The Morgan fingerprint density at radius 1 is 1.45 bits per heavy atom. The highest BCUT2D eigenvalue weighted by molar-refractivity contribution is 5.73. The standard InChI is InChI=1S/C7H13NO3/c1-10-6-4-8-3-5(6)7(9)11-2/h5-6,8H,3-4H2,1-2H3/t5-,6-/m1/s1. The van der Waals surface area contributed by atoms with Gasteiger partial charge in [0.25, 0.3) is 0 Å². The first kappa shape index (κ1) is 8.49. The minimum atomic E-state index is -0.193. The fraction of sp³-hybridized carbons (Fsp3) is 0.857. The van der Waals surface area contributed by atoms with E-state index in [1.807, 2.05) is 0 Å². The number of nitrogens with one attached hydrogen (secondary N) is 1. The molecule has 1 fully saturated rings. The van der Waals surface area contributed by atoms with Crippen LogP contribution >= 0.6 is 0 Å². The maximum Gasteiger partial charge on any atom is 0.312 e. The first-order valence-corrected chi connectivity index (χ1v) is 3.61. The molecular formula is C7H13NO3. The maximum absolute atomic E-state index is 11.0. The van der Waals surface area contributed by atoms with Gasteiger partial charge in [-0.1, -0.05) is 0 Å². The summed E-state index contributed by atoms with van der Waals surface area (Å²) in [5.41, 5.74) is 0. The van der Waals surface area contributed by atoms with Crippen molar-refractivity contribution in [3.05, 3.63) is 0 Å². The van der Waals surface area contributed by atoms with Crippen LogP contribution in [0.5, 0.6) is 0 Å². The predicted molar refractivity (Wildman–Crippen MR) is 39.2 cm³/mol. The van der Waals surface area contributed by atoms with E-state index in [-0.39, 0.29) is 18.0 Å². The zero-order valence-electron chi connectivity index (χ0n) is 6.79. The summed E-state index contributed by atoms with van der Waals surface area (Å²) < 4.78 is 9.69. The number of carbonyl (C=O) groups excluding carboxylic acids is 1. The van der Waals surface area contributed by atoms with Crippen molar-refractivity contribution in [1.82, 2.24) is 5.32 Å². The Bertz CT molecular complexity index is 149. The second kappa shape index (κ2) is 3.69. The molecule has 1 saturated heterocycles. The largest absolute Gasteiger partial charge is 0.469 e. The van der Waals surface area contributed by atoms with Gasteiger partial charge >= 0.3 is 5.97 Å². The van der Waals surface area contributed by atoms with Gasteiger partial charge in [-0.2, -0.15) is 0 Å². The molecular weight excluding hydrogens is 146 g/mol. The van der Waals surface area contributed by atoms with E-state index in [2.05, 4.69) is 10.1 Å². The molecule has 0 spiro atoms. The SMILES string of the molecule is COC(=O)[C@@H]1CNC[C@H]1OC. The molecule has 4 nitrogen and oxygen atoms in total. The third-order valence-corrected chi connectivity index (χ3v) is 1.97. The Labute approximate surface area is 65.9 Å². The quantitative estimate of drug-likeness (QED) is 0.546. The zero-order valence-corrected chi connectivity index (χ0v) is 6.79. The second-order valence-electron chi connectivity index (χ2n) is 2.56. The summed E-state index contributed by atoms with van der Waals surface area (Å²) in [6.07, 6.45) is -0.0255. The van der Waals surface area contributed by atoms with Crippen LogP contribution in [0.15, 0.2) is 0 Å². The Morgan fingerprint density at radius 3 is 2.73 bits per heavy atom. The lowest BCUT2D eigenvalue weighted by Crippen LogP contribution is -2.29. The van der Waals surface area contributed by atoms with Crippen molar-refractivity contribution >= 4 is 5.97 Å². The second-order valence-corrected chi connectivity index (χ2v) is 2.56. The Hall–Kier alpha value is -0.610. The first-order chi connectivity index (χ1) is 5.29. The number of methoxy groups -OCH3 is 2. The summed E-state index contributed by atoms with van der Waals surface area (Å²) in [5.74, 6) is -0.327. The summed E-state index contributed by atoms with van der Waals surface area (Å²) in [6.45, 7) is 1.39. The molecule has 2 atom stereocenters. The molecule has 0 aliphatic carbocycles. The van der Waals surface area contributed by atoms with E-state index in [1.165, 1.54) is 7.11 Å². The van der Waals surface area contributed by atoms with Crippen molar-refractivity contribution in [2.75, 3.05) is 27.3 Å². The monoisotopic (exact) mass is 159 g/mol. The number of ether oxygens (including phenoxy) is 2. The van der Waals surface area contributed by atoms with Crippen molar-refractivity contribution in [2.45, 2.75) is 6.10 Å². The molecule has 0 unspecified atom stereocenters. The third-order valence-electron chi connectivity index (χ3n) is 1.97. The van der Waals surface area contributed by atoms with Crippen molar-refractivity contribution in [3.63, 3.8) is 0 Å². The average molecular weight is 159 g/mol. The predicted octanol–water partition coefficient (Wildman–Crippen LogP) is -0.606. The molecule has 0 amide bonds. The number of rotatable bonds is 2. The van der Waals surface area contributed by atoms with Crippen LogP contribution in [0.3, 0.4) is 0 Å². The summed E-state index contributed by atoms with van der Waals surface area (Å²) in [7, 11) is 3.00. The lowest BCUT2D eigenvalue weighted by Gasteiger charge is -2.13. The van der Waals surface area contributed by atoms with E-state index < -0.39 is 0 Å². The highest BCUT2D eigenvalue weighted by Crippen LogP contribution is 2.12. The summed E-state index contributed by atoms with van der Waals surface area (Å²) >= 11 is 0. The smallest absolute Gasteiger partial charge is 0.312 e. The topological polar surface area (TPSA) is 47.6 Å². The van der Waals surface area contributed by atoms with Gasteiger partial charge in [0.1, 0.15) is 0 Å². The van der Waals surface area contributed by atoms with Crippen LogP contribution in [-0.2, 0) is 14.3 Å². The van der Waals surface area contributed by atoms with Crippen LogP contribution in [0.1, 0.15) is 0 Å². The molecule has 0 radical (unpaired) electrons. The van der Waals surface area contributed by atoms with E-state index in [9.17, 15) is 4.79 Å². The van der Waals surface area contributed by atoms with Crippen LogP contribution < -0.4 is 5.32 Å². The molecule has 0 aromatic rings. The molecule has 11 heavy (non-hydrogen) atoms. The lowest BCUT2D eigenvalue weighted by atomic mass is 10.1. The van der Waals surface area contributed by atoms with E-state index in [4.69, 9.17) is 4.74 Å². The fourth-order valence-electron chi connectivity index (χ4n) is 1.29. The van der Waals surface area contributed by atoms with E-state index >= 15 is 0 Å². The van der Waals surface area contributed by atoms with Crippen LogP contribution in [0, 0.1) is 5.92 Å². The van der Waals surface area contributed by atoms with Gasteiger partial charge in [-0.15, -0.1) is 0 Å². The minimum Gasteiger partial charge on any atom is -0.469 e. The summed E-state index contributed by atoms with van der Waals surface area (Å²) in [5, 5.41) is 3.06. The number of carbonyl (C=O) groups is 1. The maximum atomic E-state index is 11.0. The van der Waals surface area contributed by atoms with Crippen molar-refractivity contribution in [3.8, 4) is 0 Å². The number of hydrogen-bond donors (Lipinski definition) is 1. The Kier molecular flexibility index (Phi) is 2.84. The summed E-state index contributed by atoms with van der Waals surface area (Å²) in [4.78, 5) is 11.0. The van der Waals surface area contributed by atoms with Gasteiger partial charge in [-0.05, 0) is 0 Å². The molecule has 1 heterocycles. The summed E-state index contributed by atoms with van der Waals surface area (Å²) in [6, 6.07) is 0. The molecule has 64 valence electrons. The van der Waals surface area contributed by atoms with Crippen LogP contribution in [0.2, 0.25) is 0 Å². The Morgan fingerprint density at radius 2 is 2.18 bits per heavy atom. The zero-order chi connectivity index (χ0) is 8.27. The average Bonchev–Trinajstić information content (AvgIpc) is 2.50. The highest BCUT2D eigenvalue weighted by Gasteiger charge is 2.33. The molecule has 4 heteroatoms. The Balaban J connectivity index is 2.49. The van der Waals surface area contributed by atoms with Gasteiger partial charge in [0.2, 0.25) is 0 Å². The molecule has 0 saturated carbocycles. The van der Waals surface area contributed by atoms with E-state index in [0.717, 1.165) is 6.54 Å². The van der Waals surface area contributed by atoms with Crippen LogP contribution in [-0.4, -0.2) is 39.4 Å². The van der Waals surface area contributed by atoms with Crippen molar-refractivity contribution in [1.29, 1.82) is 0 Å². The molecule has 1 aliphatic rings. The minimum absolute atomic E-state index is 0.0255. The number of hydrogen-bond acceptors (Lipinski definition) is 4. The number of esters is 1. The molecule has 1 N–H and O–H groups in total. The van der Waals surface area contributed by atoms with Gasteiger partial charge in [0.15, 0.2) is 0 Å². The van der Waals surface area contributed by atoms with E-state index in [1.54, 1.807) is 7.11 Å².